The number of benzene rings is 1. The maximum Gasteiger partial charge on any atom is 0.305 e. The lowest BCUT2D eigenvalue weighted by atomic mass is 10.2. The van der Waals surface area contributed by atoms with Gasteiger partial charge in [-0.3, -0.25) is 14.2 Å². The summed E-state index contributed by atoms with van der Waals surface area (Å²) in [5.41, 5.74) is 1.82. The Balaban J connectivity index is 1.81. The molecule has 1 heterocycles. The average Bonchev–Trinajstić information content (AvgIpc) is 3.08. The minimum absolute atomic E-state index is 0.129. The predicted molar refractivity (Wildman–Crippen MR) is 101 cm³/mol. The lowest BCUT2D eigenvalue weighted by molar-refractivity contribution is -0.143. The molecule has 0 aliphatic heterocycles. The highest BCUT2D eigenvalue weighted by atomic mass is 35.5. The number of halogens is 1. The third-order valence-electron chi connectivity index (χ3n) is 3.47. The highest BCUT2D eigenvalue weighted by molar-refractivity contribution is 7.99. The molecule has 1 N–H and O–H groups in total. The normalized spacial score (nSPS) is 10.6. The van der Waals surface area contributed by atoms with Gasteiger partial charge in [0, 0.05) is 18.0 Å². The van der Waals surface area contributed by atoms with Gasteiger partial charge in [-0.1, -0.05) is 29.4 Å². The summed E-state index contributed by atoms with van der Waals surface area (Å²) in [6, 6.07) is 5.67. The number of aryl methyl sites for hydroxylation is 1. The van der Waals surface area contributed by atoms with Gasteiger partial charge >= 0.3 is 5.97 Å². The number of esters is 1. The molecule has 26 heavy (non-hydrogen) atoms. The van der Waals surface area contributed by atoms with Crippen LogP contribution in [0.5, 0.6) is 0 Å². The molecule has 1 aromatic carbocycles. The van der Waals surface area contributed by atoms with Crippen LogP contribution in [-0.4, -0.2) is 45.5 Å². The number of hydrogen-bond donors (Lipinski definition) is 1. The fourth-order valence-corrected chi connectivity index (χ4v) is 3.04. The highest BCUT2D eigenvalue weighted by Crippen LogP contribution is 2.23. The van der Waals surface area contributed by atoms with Crippen LogP contribution >= 0.6 is 23.4 Å². The summed E-state index contributed by atoms with van der Waals surface area (Å²) in [7, 11) is 0. The molecule has 1 amide bonds. The second kappa shape index (κ2) is 10.2. The molecule has 2 rings (SSSR count). The van der Waals surface area contributed by atoms with Crippen molar-refractivity contribution in [3.05, 3.63) is 35.1 Å². The number of nitrogens with one attached hydrogen (secondary N) is 1. The minimum atomic E-state index is -0.249. The summed E-state index contributed by atoms with van der Waals surface area (Å²) in [6.07, 6.45) is 2.43. The van der Waals surface area contributed by atoms with Crippen molar-refractivity contribution in [1.82, 2.24) is 20.1 Å². The van der Waals surface area contributed by atoms with Crippen LogP contribution in [0, 0.1) is 6.92 Å². The summed E-state index contributed by atoms with van der Waals surface area (Å²) in [5.74, 6) is -0.172. The average molecular weight is 397 g/mol. The number of hydrogen-bond acceptors (Lipinski definition) is 6. The monoisotopic (exact) mass is 396 g/mol. The van der Waals surface area contributed by atoms with Gasteiger partial charge in [0.1, 0.15) is 6.33 Å². The predicted octanol–water partition coefficient (Wildman–Crippen LogP) is 2.78. The molecule has 0 saturated carbocycles. The largest absolute Gasteiger partial charge is 0.466 e. The van der Waals surface area contributed by atoms with Gasteiger partial charge in [-0.25, -0.2) is 0 Å². The van der Waals surface area contributed by atoms with E-state index in [2.05, 4.69) is 15.5 Å². The number of carbonyl (C=O) groups excluding carboxylic acids is 2. The molecule has 0 spiro atoms. The molecule has 9 heteroatoms. The van der Waals surface area contributed by atoms with Crippen molar-refractivity contribution in [2.75, 3.05) is 18.9 Å². The van der Waals surface area contributed by atoms with Crippen molar-refractivity contribution < 1.29 is 14.3 Å². The molecule has 1 aromatic heterocycles. The summed E-state index contributed by atoms with van der Waals surface area (Å²) < 4.78 is 6.61. The maximum atomic E-state index is 11.9. The Morgan fingerprint density at radius 2 is 2.19 bits per heavy atom. The summed E-state index contributed by atoms with van der Waals surface area (Å²) >= 11 is 7.45. The van der Waals surface area contributed by atoms with Gasteiger partial charge in [-0.05, 0) is 38.0 Å². The molecule has 0 fully saturated rings. The smallest absolute Gasteiger partial charge is 0.305 e. The first-order valence-electron chi connectivity index (χ1n) is 8.23. The Hall–Kier alpha value is -2.06. The lowest BCUT2D eigenvalue weighted by Gasteiger charge is -2.08. The Kier molecular flexibility index (Phi) is 7.93. The zero-order valence-corrected chi connectivity index (χ0v) is 16.3. The van der Waals surface area contributed by atoms with Gasteiger partial charge in [0.2, 0.25) is 5.91 Å². The van der Waals surface area contributed by atoms with E-state index < -0.39 is 0 Å². The number of nitrogens with zero attached hydrogens (tertiary/aromatic N) is 3. The van der Waals surface area contributed by atoms with Crippen LogP contribution in [0.2, 0.25) is 5.02 Å². The van der Waals surface area contributed by atoms with E-state index in [1.807, 2.05) is 25.1 Å². The van der Waals surface area contributed by atoms with E-state index in [1.54, 1.807) is 17.8 Å². The highest BCUT2D eigenvalue weighted by Gasteiger charge is 2.11. The van der Waals surface area contributed by atoms with Crippen molar-refractivity contribution in [2.24, 2.45) is 0 Å². The molecule has 0 radical (unpaired) electrons. The lowest BCUT2D eigenvalue weighted by Crippen LogP contribution is -2.26. The van der Waals surface area contributed by atoms with E-state index in [-0.39, 0.29) is 17.6 Å². The standard InChI is InChI=1S/C17H21ClN4O3S/c1-3-25-16(24)5-4-8-19-15(23)10-26-17-21-20-11-22(17)13-7-6-12(2)14(18)9-13/h6-7,9,11H,3-5,8,10H2,1-2H3,(H,19,23). The van der Waals surface area contributed by atoms with Crippen LogP contribution in [-0.2, 0) is 14.3 Å². The van der Waals surface area contributed by atoms with Crippen molar-refractivity contribution in [3.63, 3.8) is 0 Å². The number of rotatable bonds is 9. The first kappa shape index (κ1) is 20.3. The van der Waals surface area contributed by atoms with Crippen molar-refractivity contribution in [2.45, 2.75) is 31.8 Å². The van der Waals surface area contributed by atoms with Gasteiger partial charge < -0.3 is 10.1 Å². The first-order valence-corrected chi connectivity index (χ1v) is 9.59. The molecule has 0 aliphatic rings. The summed E-state index contributed by atoms with van der Waals surface area (Å²) in [6.45, 7) is 4.49. The molecule has 0 unspecified atom stereocenters. The second-order valence-corrected chi connectivity index (χ2v) is 6.81. The van der Waals surface area contributed by atoms with Gasteiger partial charge in [0.05, 0.1) is 18.0 Å². The van der Waals surface area contributed by atoms with Crippen LogP contribution in [0.25, 0.3) is 5.69 Å². The molecule has 0 atom stereocenters. The molecule has 140 valence electrons. The molecule has 0 bridgehead atoms. The van der Waals surface area contributed by atoms with Crippen LogP contribution in [0.15, 0.2) is 29.7 Å². The number of amides is 1. The van der Waals surface area contributed by atoms with Crippen molar-refractivity contribution in [1.29, 1.82) is 0 Å². The fourth-order valence-electron chi connectivity index (χ4n) is 2.11. The molecular formula is C17H21ClN4O3S. The summed E-state index contributed by atoms with van der Waals surface area (Å²) in [4.78, 5) is 23.1. The third-order valence-corrected chi connectivity index (χ3v) is 4.82. The van der Waals surface area contributed by atoms with Gasteiger partial charge in [-0.15, -0.1) is 10.2 Å². The van der Waals surface area contributed by atoms with E-state index in [9.17, 15) is 9.59 Å². The molecule has 0 aliphatic carbocycles. The van der Waals surface area contributed by atoms with Crippen LogP contribution in [0.3, 0.4) is 0 Å². The number of carbonyl (C=O) groups is 2. The van der Waals surface area contributed by atoms with E-state index >= 15 is 0 Å². The Morgan fingerprint density at radius 3 is 2.92 bits per heavy atom. The fraction of sp³-hybridized carbons (Fsp3) is 0.412. The minimum Gasteiger partial charge on any atom is -0.466 e. The Bertz CT molecular complexity index is 766. The topological polar surface area (TPSA) is 86.1 Å². The second-order valence-electron chi connectivity index (χ2n) is 5.46. The van der Waals surface area contributed by atoms with Gasteiger partial charge in [-0.2, -0.15) is 0 Å². The molecule has 0 saturated heterocycles. The van der Waals surface area contributed by atoms with Crippen molar-refractivity contribution >= 4 is 35.2 Å². The van der Waals surface area contributed by atoms with E-state index in [0.29, 0.717) is 36.2 Å². The molecule has 2 aromatic rings. The van der Waals surface area contributed by atoms with Crippen LogP contribution in [0.1, 0.15) is 25.3 Å². The number of thioether (sulfide) groups is 1. The van der Waals surface area contributed by atoms with Crippen molar-refractivity contribution in [3.8, 4) is 5.69 Å². The van der Waals surface area contributed by atoms with Gasteiger partial charge in [0.25, 0.3) is 0 Å². The third kappa shape index (κ3) is 6.03. The Morgan fingerprint density at radius 1 is 1.38 bits per heavy atom. The zero-order valence-electron chi connectivity index (χ0n) is 14.7. The number of ether oxygens (including phenoxy) is 1. The SMILES string of the molecule is CCOC(=O)CCCNC(=O)CSc1nncn1-c1ccc(C)c(Cl)c1. The van der Waals surface area contributed by atoms with Gasteiger partial charge in [0.15, 0.2) is 5.16 Å². The Labute approximate surface area is 161 Å². The molecule has 7 nitrogen and oxygen atoms in total. The quantitative estimate of drug-likeness (QED) is 0.398. The van der Waals surface area contributed by atoms with E-state index in [0.717, 1.165) is 11.3 Å². The molecular weight excluding hydrogens is 376 g/mol. The maximum absolute atomic E-state index is 11.9. The zero-order chi connectivity index (χ0) is 18.9. The summed E-state index contributed by atoms with van der Waals surface area (Å²) in [5, 5.41) is 12.0. The number of aromatic nitrogens is 3. The van der Waals surface area contributed by atoms with E-state index in [1.165, 1.54) is 11.8 Å². The van der Waals surface area contributed by atoms with Crippen LogP contribution in [0.4, 0.5) is 0 Å². The first-order chi connectivity index (χ1) is 12.5. The van der Waals surface area contributed by atoms with Crippen LogP contribution < -0.4 is 5.32 Å². The van der Waals surface area contributed by atoms with E-state index in [4.69, 9.17) is 16.3 Å².